The maximum Gasteiger partial charge on any atom is 0.266 e. The van der Waals surface area contributed by atoms with Crippen LogP contribution in [0.3, 0.4) is 0 Å². The average Bonchev–Trinajstić information content (AvgIpc) is 2.01. The molecule has 0 aromatic heterocycles. The van der Waals surface area contributed by atoms with Gasteiger partial charge in [0, 0.05) is 6.54 Å². The van der Waals surface area contributed by atoms with E-state index in [1.54, 1.807) is 19.0 Å². The van der Waals surface area contributed by atoms with E-state index in [-0.39, 0.29) is 5.75 Å². The molecule has 0 rings (SSSR count). The van der Waals surface area contributed by atoms with Crippen molar-refractivity contribution in [1.82, 2.24) is 4.90 Å². The molecular weight excluding hydrogens is 208 g/mol. The predicted molar refractivity (Wildman–Crippen MR) is 54.4 cm³/mol. The Hall–Kier alpha value is -0.920. The molecule has 6 nitrogen and oxygen atoms in total. The molecule has 0 bridgehead atoms. The zero-order valence-electron chi connectivity index (χ0n) is 8.30. The minimum atomic E-state index is -3.76. The van der Waals surface area contributed by atoms with Crippen LogP contribution in [0.25, 0.3) is 0 Å². The maximum atomic E-state index is 10.1. The first kappa shape index (κ1) is 15.5. The summed E-state index contributed by atoms with van der Waals surface area (Å²) < 4.78 is 28.3. The van der Waals surface area contributed by atoms with Crippen molar-refractivity contribution >= 4 is 16.0 Å². The van der Waals surface area contributed by atoms with Crippen LogP contribution in [0.2, 0.25) is 0 Å². The van der Waals surface area contributed by atoms with E-state index in [2.05, 4.69) is 12.3 Å². The van der Waals surface area contributed by atoms with Crippen LogP contribution in [0.4, 0.5) is 0 Å². The lowest BCUT2D eigenvalue weighted by Crippen LogP contribution is -2.21. The minimum absolute atomic E-state index is 0.194. The molecule has 0 aliphatic heterocycles. The van der Waals surface area contributed by atoms with Crippen LogP contribution >= 0.6 is 0 Å². The second kappa shape index (κ2) is 7.48. The molecule has 0 aliphatic rings. The number of hydrogen-bond donors (Lipinski definition) is 2. The van der Waals surface area contributed by atoms with Crippen molar-refractivity contribution in [3.8, 4) is 0 Å². The SMILES string of the molecule is C=CC(N)=O.CN(C)CCS(=O)(=O)O. The standard InChI is InChI=1S/C4H11NO3S.C3H5NO/c1-5(2)3-4-9(6,7)8;1-2-3(4)5/h3-4H2,1-2H3,(H,6,7,8);2H,1H2,(H2,4,5). The summed E-state index contributed by atoms with van der Waals surface area (Å²) in [6.45, 7) is 3.45. The molecule has 0 saturated heterocycles. The van der Waals surface area contributed by atoms with Crippen molar-refractivity contribution in [1.29, 1.82) is 0 Å². The normalized spacial score (nSPS) is 10.3. The Morgan fingerprint density at radius 2 is 1.93 bits per heavy atom. The highest BCUT2D eigenvalue weighted by Crippen LogP contribution is 1.82. The summed E-state index contributed by atoms with van der Waals surface area (Å²) in [6, 6.07) is 0. The molecule has 14 heavy (non-hydrogen) atoms. The second-order valence-corrected chi connectivity index (χ2v) is 4.27. The second-order valence-electron chi connectivity index (χ2n) is 2.70. The van der Waals surface area contributed by atoms with Gasteiger partial charge in [-0.1, -0.05) is 6.58 Å². The average molecular weight is 224 g/mol. The first-order valence-corrected chi connectivity index (χ1v) is 5.31. The number of amides is 1. The first-order chi connectivity index (χ1) is 6.19. The monoisotopic (exact) mass is 224 g/mol. The van der Waals surface area contributed by atoms with Gasteiger partial charge in [0.2, 0.25) is 5.91 Å². The van der Waals surface area contributed by atoms with E-state index in [4.69, 9.17) is 4.55 Å². The van der Waals surface area contributed by atoms with E-state index in [1.807, 2.05) is 0 Å². The van der Waals surface area contributed by atoms with E-state index < -0.39 is 16.0 Å². The lowest BCUT2D eigenvalue weighted by Gasteiger charge is -2.05. The van der Waals surface area contributed by atoms with Crippen LogP contribution in [0.15, 0.2) is 12.7 Å². The van der Waals surface area contributed by atoms with Gasteiger partial charge in [-0.3, -0.25) is 9.35 Å². The Bertz CT molecular complexity index is 271. The maximum absolute atomic E-state index is 10.1. The molecule has 0 spiro atoms. The van der Waals surface area contributed by atoms with Crippen LogP contribution in [0.1, 0.15) is 0 Å². The Labute approximate surface area is 84.1 Å². The number of nitrogens with two attached hydrogens (primary N) is 1. The predicted octanol–water partition coefficient (Wildman–Crippen LogP) is -0.906. The van der Waals surface area contributed by atoms with E-state index in [1.165, 1.54) is 0 Å². The quantitative estimate of drug-likeness (QED) is 0.476. The van der Waals surface area contributed by atoms with E-state index >= 15 is 0 Å². The summed E-state index contributed by atoms with van der Waals surface area (Å²) in [5, 5.41) is 0. The summed E-state index contributed by atoms with van der Waals surface area (Å²) in [5.41, 5.74) is 4.53. The van der Waals surface area contributed by atoms with Crippen molar-refractivity contribution in [2.45, 2.75) is 0 Å². The van der Waals surface area contributed by atoms with Gasteiger partial charge in [-0.2, -0.15) is 8.42 Å². The van der Waals surface area contributed by atoms with Gasteiger partial charge in [0.1, 0.15) is 0 Å². The lowest BCUT2D eigenvalue weighted by molar-refractivity contribution is -0.113. The molecule has 0 radical (unpaired) electrons. The summed E-state index contributed by atoms with van der Waals surface area (Å²) in [5.74, 6) is -0.676. The molecule has 0 atom stereocenters. The highest BCUT2D eigenvalue weighted by molar-refractivity contribution is 7.85. The third kappa shape index (κ3) is 22.5. The molecule has 0 heterocycles. The zero-order valence-corrected chi connectivity index (χ0v) is 9.12. The van der Waals surface area contributed by atoms with Gasteiger partial charge in [-0.05, 0) is 20.2 Å². The van der Waals surface area contributed by atoms with Crippen molar-refractivity contribution in [2.75, 3.05) is 26.4 Å². The molecule has 0 saturated carbocycles. The molecular formula is C7H16N2O4S. The number of carbonyl (C=O) groups excluding carboxylic acids is 1. The van der Waals surface area contributed by atoms with Crippen LogP contribution in [0.5, 0.6) is 0 Å². The van der Waals surface area contributed by atoms with Gasteiger partial charge < -0.3 is 10.6 Å². The Balaban J connectivity index is 0. The molecule has 7 heteroatoms. The third-order valence-corrected chi connectivity index (χ3v) is 1.70. The number of primary amides is 1. The number of rotatable bonds is 4. The van der Waals surface area contributed by atoms with E-state index in [0.29, 0.717) is 6.54 Å². The topological polar surface area (TPSA) is 101 Å². The Kier molecular flexibility index (Phi) is 8.31. The fraction of sp³-hybridized carbons (Fsp3) is 0.571. The molecule has 84 valence electrons. The zero-order chi connectivity index (χ0) is 11.8. The fourth-order valence-corrected chi connectivity index (χ4v) is 0.894. The molecule has 0 unspecified atom stereocenters. The molecule has 0 aromatic rings. The molecule has 0 fully saturated rings. The highest BCUT2D eigenvalue weighted by Gasteiger charge is 2.03. The first-order valence-electron chi connectivity index (χ1n) is 3.70. The largest absolute Gasteiger partial charge is 0.366 e. The van der Waals surface area contributed by atoms with Gasteiger partial charge in [-0.15, -0.1) is 0 Å². The summed E-state index contributed by atoms with van der Waals surface area (Å²) >= 11 is 0. The minimum Gasteiger partial charge on any atom is -0.366 e. The Morgan fingerprint density at radius 3 is 2.00 bits per heavy atom. The van der Waals surface area contributed by atoms with Crippen molar-refractivity contribution < 1.29 is 17.8 Å². The van der Waals surface area contributed by atoms with Gasteiger partial charge in [-0.25, -0.2) is 0 Å². The van der Waals surface area contributed by atoms with Crippen molar-refractivity contribution in [2.24, 2.45) is 5.73 Å². The summed E-state index contributed by atoms with van der Waals surface area (Å²) in [7, 11) is -0.278. The van der Waals surface area contributed by atoms with Gasteiger partial charge in [0.15, 0.2) is 0 Å². The summed E-state index contributed by atoms with van der Waals surface area (Å²) in [6.07, 6.45) is 1.06. The third-order valence-electron chi connectivity index (χ3n) is 0.998. The van der Waals surface area contributed by atoms with Crippen LogP contribution in [-0.2, 0) is 14.9 Å². The van der Waals surface area contributed by atoms with Crippen LogP contribution < -0.4 is 5.73 Å². The van der Waals surface area contributed by atoms with Crippen LogP contribution in [-0.4, -0.2) is 50.2 Å². The highest BCUT2D eigenvalue weighted by atomic mass is 32.2. The summed E-state index contributed by atoms with van der Waals surface area (Å²) in [4.78, 5) is 11.2. The molecule has 0 aromatic carbocycles. The lowest BCUT2D eigenvalue weighted by atomic mass is 10.6. The number of hydrogen-bond acceptors (Lipinski definition) is 4. The Morgan fingerprint density at radius 1 is 1.57 bits per heavy atom. The smallest absolute Gasteiger partial charge is 0.266 e. The van der Waals surface area contributed by atoms with Crippen molar-refractivity contribution in [3.63, 3.8) is 0 Å². The van der Waals surface area contributed by atoms with E-state index in [0.717, 1.165) is 6.08 Å². The van der Waals surface area contributed by atoms with Gasteiger partial charge >= 0.3 is 0 Å². The number of nitrogens with zero attached hydrogens (tertiary/aromatic N) is 1. The van der Waals surface area contributed by atoms with Crippen LogP contribution in [0, 0.1) is 0 Å². The van der Waals surface area contributed by atoms with E-state index in [9.17, 15) is 13.2 Å². The number of carbonyl (C=O) groups is 1. The van der Waals surface area contributed by atoms with Gasteiger partial charge in [0.25, 0.3) is 10.1 Å². The van der Waals surface area contributed by atoms with Crippen molar-refractivity contribution in [3.05, 3.63) is 12.7 Å². The fourth-order valence-electron chi connectivity index (χ4n) is 0.298. The van der Waals surface area contributed by atoms with Gasteiger partial charge in [0.05, 0.1) is 5.75 Å². The molecule has 3 N–H and O–H groups in total. The molecule has 0 aliphatic carbocycles. The molecule has 1 amide bonds.